The van der Waals surface area contributed by atoms with E-state index in [2.05, 4.69) is 15.5 Å². The number of carbonyl (C=O) groups excluding carboxylic acids is 2. The van der Waals surface area contributed by atoms with Gasteiger partial charge in [0.05, 0.1) is 5.69 Å². The second kappa shape index (κ2) is 8.66. The highest BCUT2D eigenvalue weighted by Gasteiger charge is 2.27. The number of aromatic nitrogens is 2. The number of amides is 2. The molecule has 2 aromatic carbocycles. The quantitative estimate of drug-likeness (QED) is 0.679. The highest BCUT2D eigenvalue weighted by Crippen LogP contribution is 2.31. The summed E-state index contributed by atoms with van der Waals surface area (Å²) in [5, 5.41) is 11.4. The number of rotatable bonds is 4. The highest BCUT2D eigenvalue weighted by molar-refractivity contribution is 7.13. The summed E-state index contributed by atoms with van der Waals surface area (Å²) >= 11 is 1.17. The molecule has 1 N–H and O–H groups in total. The van der Waals surface area contributed by atoms with Gasteiger partial charge in [0, 0.05) is 24.6 Å². The maximum Gasteiger partial charge on any atom is 0.286 e. The van der Waals surface area contributed by atoms with Crippen LogP contribution in [0.4, 0.5) is 14.5 Å². The summed E-state index contributed by atoms with van der Waals surface area (Å²) in [6.07, 6.45) is 1.34. The lowest BCUT2D eigenvalue weighted by molar-refractivity contribution is 0.0712. The predicted octanol–water partition coefficient (Wildman–Crippen LogP) is 4.09. The maximum atomic E-state index is 13.7. The Balaban J connectivity index is 1.36. The van der Waals surface area contributed by atoms with Gasteiger partial charge in [-0.25, -0.2) is 8.78 Å². The summed E-state index contributed by atoms with van der Waals surface area (Å²) in [6.45, 7) is 1.02. The molecule has 6 nitrogen and oxygen atoms in total. The Morgan fingerprint density at radius 3 is 2.53 bits per heavy atom. The van der Waals surface area contributed by atoms with Crippen molar-refractivity contribution in [1.82, 2.24) is 15.1 Å². The van der Waals surface area contributed by atoms with Crippen LogP contribution in [-0.4, -0.2) is 40.0 Å². The van der Waals surface area contributed by atoms with Crippen LogP contribution in [0.2, 0.25) is 0 Å². The fourth-order valence-corrected chi connectivity index (χ4v) is 4.27. The van der Waals surface area contributed by atoms with Gasteiger partial charge in [-0.2, -0.15) is 0 Å². The van der Waals surface area contributed by atoms with Gasteiger partial charge >= 0.3 is 0 Å². The second-order valence-corrected chi connectivity index (χ2v) is 7.97. The minimum atomic E-state index is -0.522. The third-order valence-electron chi connectivity index (χ3n) is 4.96. The molecule has 0 radical (unpaired) electrons. The molecule has 1 fully saturated rings. The first kappa shape index (κ1) is 20.1. The van der Waals surface area contributed by atoms with Crippen molar-refractivity contribution < 1.29 is 18.4 Å². The molecule has 0 spiro atoms. The van der Waals surface area contributed by atoms with Gasteiger partial charge in [0.15, 0.2) is 0 Å². The molecule has 0 aliphatic carbocycles. The van der Waals surface area contributed by atoms with Gasteiger partial charge in [-0.05, 0) is 43.2 Å². The maximum absolute atomic E-state index is 13.7. The van der Waals surface area contributed by atoms with E-state index in [1.54, 1.807) is 23.1 Å². The van der Waals surface area contributed by atoms with Crippen LogP contribution < -0.4 is 5.32 Å². The monoisotopic (exact) mass is 428 g/mol. The third kappa shape index (κ3) is 4.35. The SMILES string of the molecule is O=C(Nc1ccccc1F)c1nnc(C2CCN(C(=O)c3cccc(F)c3)CC2)s1. The van der Waals surface area contributed by atoms with E-state index in [4.69, 9.17) is 0 Å². The molecular formula is C21H18F2N4O2S. The molecule has 1 aromatic heterocycles. The number of benzene rings is 2. The Hall–Kier alpha value is -3.20. The zero-order chi connectivity index (χ0) is 21.1. The van der Waals surface area contributed by atoms with E-state index in [1.807, 2.05) is 0 Å². The van der Waals surface area contributed by atoms with E-state index in [1.165, 1.54) is 41.7 Å². The molecule has 1 saturated heterocycles. The largest absolute Gasteiger partial charge is 0.339 e. The van der Waals surface area contributed by atoms with Crippen LogP contribution in [-0.2, 0) is 0 Å². The normalized spacial score (nSPS) is 14.5. The van der Waals surface area contributed by atoms with Crippen molar-refractivity contribution in [2.24, 2.45) is 0 Å². The minimum absolute atomic E-state index is 0.0778. The summed E-state index contributed by atoms with van der Waals surface area (Å²) in [4.78, 5) is 26.6. The Kier molecular flexibility index (Phi) is 5.80. The molecular weight excluding hydrogens is 410 g/mol. The Bertz CT molecular complexity index is 1080. The molecule has 30 heavy (non-hydrogen) atoms. The van der Waals surface area contributed by atoms with Gasteiger partial charge < -0.3 is 10.2 Å². The van der Waals surface area contributed by atoms with Crippen molar-refractivity contribution in [1.29, 1.82) is 0 Å². The number of nitrogens with zero attached hydrogens (tertiary/aromatic N) is 3. The zero-order valence-electron chi connectivity index (χ0n) is 15.8. The smallest absolute Gasteiger partial charge is 0.286 e. The number of nitrogens with one attached hydrogen (secondary N) is 1. The molecule has 3 aromatic rings. The molecule has 2 amide bonds. The first-order chi connectivity index (χ1) is 14.5. The van der Waals surface area contributed by atoms with Crippen LogP contribution in [0.15, 0.2) is 48.5 Å². The van der Waals surface area contributed by atoms with Crippen molar-refractivity contribution in [3.63, 3.8) is 0 Å². The van der Waals surface area contributed by atoms with Crippen LogP contribution in [0, 0.1) is 11.6 Å². The molecule has 0 unspecified atom stereocenters. The van der Waals surface area contributed by atoms with Gasteiger partial charge in [0.2, 0.25) is 5.01 Å². The molecule has 1 aliphatic heterocycles. The first-order valence-electron chi connectivity index (χ1n) is 9.45. The predicted molar refractivity (Wildman–Crippen MR) is 109 cm³/mol. The van der Waals surface area contributed by atoms with Crippen molar-refractivity contribution in [2.75, 3.05) is 18.4 Å². The standard InChI is InChI=1S/C21H18F2N4O2S/c22-15-5-3-4-14(12-15)21(29)27-10-8-13(9-11-27)19-25-26-20(30-19)18(28)24-17-7-2-1-6-16(17)23/h1-7,12-13H,8-11H2,(H,24,28). The van der Waals surface area contributed by atoms with Gasteiger partial charge in [0.1, 0.15) is 16.6 Å². The molecule has 9 heteroatoms. The number of hydrogen-bond acceptors (Lipinski definition) is 5. The van der Waals surface area contributed by atoms with Gasteiger partial charge in [-0.1, -0.05) is 29.5 Å². The number of piperidine rings is 1. The number of anilines is 1. The lowest BCUT2D eigenvalue weighted by Crippen LogP contribution is -2.37. The van der Waals surface area contributed by atoms with Crippen molar-refractivity contribution in [2.45, 2.75) is 18.8 Å². The van der Waals surface area contributed by atoms with E-state index in [-0.39, 0.29) is 22.5 Å². The van der Waals surface area contributed by atoms with Crippen molar-refractivity contribution >= 4 is 28.8 Å². The lowest BCUT2D eigenvalue weighted by atomic mass is 9.97. The Morgan fingerprint density at radius 2 is 1.80 bits per heavy atom. The summed E-state index contributed by atoms with van der Waals surface area (Å²) in [6, 6.07) is 11.6. The molecule has 0 bridgehead atoms. The van der Waals surface area contributed by atoms with Gasteiger partial charge in [-0.3, -0.25) is 9.59 Å². The van der Waals surface area contributed by atoms with E-state index in [0.29, 0.717) is 36.5 Å². The molecule has 154 valence electrons. The summed E-state index contributed by atoms with van der Waals surface area (Å²) < 4.78 is 27.1. The van der Waals surface area contributed by atoms with Gasteiger partial charge in [-0.15, -0.1) is 10.2 Å². The summed E-state index contributed by atoms with van der Waals surface area (Å²) in [5.41, 5.74) is 0.417. The number of halogens is 2. The van der Waals surface area contributed by atoms with E-state index >= 15 is 0 Å². The Morgan fingerprint density at radius 1 is 1.03 bits per heavy atom. The molecule has 0 atom stereocenters. The third-order valence-corrected chi connectivity index (χ3v) is 6.04. The second-order valence-electron chi connectivity index (χ2n) is 6.96. The average molecular weight is 428 g/mol. The van der Waals surface area contributed by atoms with E-state index < -0.39 is 17.5 Å². The topological polar surface area (TPSA) is 75.2 Å². The first-order valence-corrected chi connectivity index (χ1v) is 10.3. The van der Waals surface area contributed by atoms with Crippen LogP contribution in [0.3, 0.4) is 0 Å². The molecule has 2 heterocycles. The van der Waals surface area contributed by atoms with Crippen LogP contribution in [0.5, 0.6) is 0 Å². The number of carbonyl (C=O) groups is 2. The molecule has 0 saturated carbocycles. The van der Waals surface area contributed by atoms with Crippen LogP contribution in [0.1, 0.15) is 43.9 Å². The fourth-order valence-electron chi connectivity index (χ4n) is 3.36. The molecule has 4 rings (SSSR count). The number of likely N-dealkylation sites (tertiary alicyclic amines) is 1. The number of para-hydroxylation sites is 1. The highest BCUT2D eigenvalue weighted by atomic mass is 32.1. The number of hydrogen-bond donors (Lipinski definition) is 1. The Labute approximate surface area is 175 Å². The van der Waals surface area contributed by atoms with E-state index in [9.17, 15) is 18.4 Å². The van der Waals surface area contributed by atoms with Crippen molar-refractivity contribution in [3.05, 3.63) is 75.7 Å². The summed E-state index contributed by atoms with van der Waals surface area (Å²) in [7, 11) is 0. The zero-order valence-corrected chi connectivity index (χ0v) is 16.7. The molecule has 1 aliphatic rings. The minimum Gasteiger partial charge on any atom is -0.339 e. The van der Waals surface area contributed by atoms with Crippen LogP contribution in [0.25, 0.3) is 0 Å². The van der Waals surface area contributed by atoms with Gasteiger partial charge in [0.25, 0.3) is 11.8 Å². The lowest BCUT2D eigenvalue weighted by Gasteiger charge is -2.31. The average Bonchev–Trinajstić information content (AvgIpc) is 3.25. The van der Waals surface area contributed by atoms with Crippen LogP contribution >= 0.6 is 11.3 Å². The van der Waals surface area contributed by atoms with Crippen molar-refractivity contribution in [3.8, 4) is 0 Å². The summed E-state index contributed by atoms with van der Waals surface area (Å²) in [5.74, 6) is -1.59. The van der Waals surface area contributed by atoms with E-state index in [0.717, 1.165) is 0 Å². The fraction of sp³-hybridized carbons (Fsp3) is 0.238.